The molecule has 0 aromatic heterocycles. The molecule has 0 spiro atoms. The van der Waals surface area contributed by atoms with Crippen LogP contribution in [0.2, 0.25) is 0 Å². The van der Waals surface area contributed by atoms with E-state index < -0.39 is 0 Å². The number of carbonyl (C=O) groups is 1. The summed E-state index contributed by atoms with van der Waals surface area (Å²) in [6.07, 6.45) is 0. The summed E-state index contributed by atoms with van der Waals surface area (Å²) in [7, 11) is 0. The lowest BCUT2D eigenvalue weighted by Gasteiger charge is -2.32. The van der Waals surface area contributed by atoms with Crippen molar-refractivity contribution in [1.29, 1.82) is 0 Å². The SMILES string of the molecule is C=C(C(=O)N(C(C)C)C(C)C)C(C)C. The lowest BCUT2D eigenvalue weighted by Crippen LogP contribution is -2.43. The second kappa shape index (κ2) is 5.18. The van der Waals surface area contributed by atoms with Crippen molar-refractivity contribution >= 4 is 5.91 Å². The summed E-state index contributed by atoms with van der Waals surface area (Å²) in [5.41, 5.74) is 0.701. The van der Waals surface area contributed by atoms with Crippen molar-refractivity contribution in [1.82, 2.24) is 4.90 Å². The van der Waals surface area contributed by atoms with Crippen LogP contribution < -0.4 is 0 Å². The summed E-state index contributed by atoms with van der Waals surface area (Å²) in [5.74, 6) is 0.313. The van der Waals surface area contributed by atoms with E-state index in [0.29, 0.717) is 5.57 Å². The Morgan fingerprint density at radius 2 is 1.36 bits per heavy atom. The van der Waals surface area contributed by atoms with Crippen LogP contribution in [0.5, 0.6) is 0 Å². The molecule has 0 aliphatic rings. The first-order chi connectivity index (χ1) is 6.29. The summed E-state index contributed by atoms with van der Waals surface area (Å²) in [6.45, 7) is 16.0. The van der Waals surface area contributed by atoms with E-state index in [1.165, 1.54) is 0 Å². The van der Waals surface area contributed by atoms with E-state index in [4.69, 9.17) is 0 Å². The van der Waals surface area contributed by atoms with Gasteiger partial charge in [0.25, 0.3) is 0 Å². The van der Waals surface area contributed by atoms with Crippen LogP contribution in [0, 0.1) is 5.92 Å². The molecule has 0 rings (SSSR count). The zero-order valence-electron chi connectivity index (χ0n) is 10.3. The van der Waals surface area contributed by atoms with Crippen molar-refractivity contribution in [2.75, 3.05) is 0 Å². The Kier molecular flexibility index (Phi) is 4.89. The summed E-state index contributed by atoms with van der Waals surface area (Å²) in [6, 6.07) is 0.469. The Bertz CT molecular complexity index is 208. The van der Waals surface area contributed by atoms with Gasteiger partial charge in [0.05, 0.1) is 0 Å². The van der Waals surface area contributed by atoms with Crippen LogP contribution in [0.3, 0.4) is 0 Å². The fraction of sp³-hybridized carbons (Fsp3) is 0.750. The molecule has 0 fully saturated rings. The maximum absolute atomic E-state index is 12.0. The van der Waals surface area contributed by atoms with Gasteiger partial charge in [-0.2, -0.15) is 0 Å². The molecule has 0 aliphatic heterocycles. The third-order valence-corrected chi connectivity index (χ3v) is 2.32. The van der Waals surface area contributed by atoms with Crippen LogP contribution >= 0.6 is 0 Å². The van der Waals surface area contributed by atoms with E-state index in [-0.39, 0.29) is 23.9 Å². The Labute approximate surface area is 88.0 Å². The molecule has 2 heteroatoms. The maximum atomic E-state index is 12.0. The molecule has 0 heterocycles. The second-order valence-corrected chi connectivity index (χ2v) is 4.58. The van der Waals surface area contributed by atoms with Gasteiger partial charge in [0.2, 0.25) is 5.91 Å². The van der Waals surface area contributed by atoms with E-state index in [0.717, 1.165) is 0 Å². The summed E-state index contributed by atoms with van der Waals surface area (Å²) >= 11 is 0. The Balaban J connectivity index is 4.70. The fourth-order valence-electron chi connectivity index (χ4n) is 1.48. The van der Waals surface area contributed by atoms with E-state index in [1.54, 1.807) is 0 Å². The number of rotatable bonds is 4. The summed E-state index contributed by atoms with van der Waals surface area (Å²) in [4.78, 5) is 13.9. The average molecular weight is 197 g/mol. The van der Waals surface area contributed by atoms with E-state index in [1.807, 2.05) is 46.4 Å². The lowest BCUT2D eigenvalue weighted by molar-refractivity contribution is -0.131. The van der Waals surface area contributed by atoms with Gasteiger partial charge in [-0.1, -0.05) is 20.4 Å². The molecule has 0 bridgehead atoms. The normalized spacial score (nSPS) is 11.2. The first kappa shape index (κ1) is 13.2. The van der Waals surface area contributed by atoms with Gasteiger partial charge in [-0.15, -0.1) is 0 Å². The molecule has 0 aromatic carbocycles. The number of hydrogen-bond donors (Lipinski definition) is 0. The third kappa shape index (κ3) is 3.17. The molecule has 0 radical (unpaired) electrons. The van der Waals surface area contributed by atoms with Gasteiger partial charge in [0.15, 0.2) is 0 Å². The highest BCUT2D eigenvalue weighted by molar-refractivity contribution is 5.93. The van der Waals surface area contributed by atoms with Crippen LogP contribution in [-0.2, 0) is 4.79 Å². The molecule has 0 saturated heterocycles. The van der Waals surface area contributed by atoms with E-state index in [2.05, 4.69) is 6.58 Å². The summed E-state index contributed by atoms with van der Waals surface area (Å²) < 4.78 is 0. The van der Waals surface area contributed by atoms with Crippen LogP contribution in [0.15, 0.2) is 12.2 Å². The van der Waals surface area contributed by atoms with Crippen molar-refractivity contribution in [3.8, 4) is 0 Å². The van der Waals surface area contributed by atoms with Gasteiger partial charge >= 0.3 is 0 Å². The minimum absolute atomic E-state index is 0.0880. The zero-order valence-corrected chi connectivity index (χ0v) is 10.3. The molecule has 0 atom stereocenters. The average Bonchev–Trinajstić information content (AvgIpc) is 2.01. The second-order valence-electron chi connectivity index (χ2n) is 4.58. The van der Waals surface area contributed by atoms with Crippen molar-refractivity contribution in [3.63, 3.8) is 0 Å². The molecular weight excluding hydrogens is 174 g/mol. The highest BCUT2D eigenvalue weighted by Crippen LogP contribution is 2.15. The first-order valence-corrected chi connectivity index (χ1v) is 5.30. The molecule has 0 aromatic rings. The highest BCUT2D eigenvalue weighted by Gasteiger charge is 2.23. The van der Waals surface area contributed by atoms with Crippen LogP contribution in [0.25, 0.3) is 0 Å². The van der Waals surface area contributed by atoms with Crippen molar-refractivity contribution in [2.24, 2.45) is 5.92 Å². The molecule has 0 N–H and O–H groups in total. The first-order valence-electron chi connectivity index (χ1n) is 5.30. The van der Waals surface area contributed by atoms with Crippen LogP contribution in [0.1, 0.15) is 41.5 Å². The number of carbonyl (C=O) groups excluding carboxylic acids is 1. The van der Waals surface area contributed by atoms with E-state index >= 15 is 0 Å². The van der Waals surface area contributed by atoms with Gasteiger partial charge in [0, 0.05) is 17.7 Å². The van der Waals surface area contributed by atoms with E-state index in [9.17, 15) is 4.79 Å². The predicted molar refractivity (Wildman–Crippen MR) is 61.1 cm³/mol. The number of hydrogen-bond acceptors (Lipinski definition) is 1. The van der Waals surface area contributed by atoms with Gasteiger partial charge in [0.1, 0.15) is 0 Å². The molecule has 82 valence electrons. The molecule has 0 saturated carbocycles. The minimum atomic E-state index is 0.0880. The minimum Gasteiger partial charge on any atom is -0.334 e. The van der Waals surface area contributed by atoms with Gasteiger partial charge < -0.3 is 4.90 Å². The van der Waals surface area contributed by atoms with Gasteiger partial charge in [-0.3, -0.25) is 4.79 Å². The van der Waals surface area contributed by atoms with Gasteiger partial charge in [-0.05, 0) is 33.6 Å². The smallest absolute Gasteiger partial charge is 0.249 e. The summed E-state index contributed by atoms with van der Waals surface area (Å²) in [5, 5.41) is 0. The van der Waals surface area contributed by atoms with Crippen LogP contribution in [-0.4, -0.2) is 22.9 Å². The van der Waals surface area contributed by atoms with Gasteiger partial charge in [-0.25, -0.2) is 0 Å². The number of amides is 1. The molecule has 2 nitrogen and oxygen atoms in total. The molecule has 0 unspecified atom stereocenters. The highest BCUT2D eigenvalue weighted by atomic mass is 16.2. The molecule has 14 heavy (non-hydrogen) atoms. The van der Waals surface area contributed by atoms with Crippen molar-refractivity contribution in [3.05, 3.63) is 12.2 Å². The Morgan fingerprint density at radius 3 is 1.57 bits per heavy atom. The topological polar surface area (TPSA) is 20.3 Å². The Morgan fingerprint density at radius 1 is 1.00 bits per heavy atom. The fourth-order valence-corrected chi connectivity index (χ4v) is 1.48. The Hall–Kier alpha value is -0.790. The molecule has 0 aliphatic carbocycles. The maximum Gasteiger partial charge on any atom is 0.249 e. The monoisotopic (exact) mass is 197 g/mol. The third-order valence-electron chi connectivity index (χ3n) is 2.32. The largest absolute Gasteiger partial charge is 0.334 e. The van der Waals surface area contributed by atoms with Crippen molar-refractivity contribution in [2.45, 2.75) is 53.6 Å². The zero-order chi connectivity index (χ0) is 11.5. The predicted octanol–water partition coefficient (Wildman–Crippen LogP) is 2.84. The van der Waals surface area contributed by atoms with Crippen molar-refractivity contribution < 1.29 is 4.79 Å². The molecule has 1 amide bonds. The van der Waals surface area contributed by atoms with Crippen LogP contribution in [0.4, 0.5) is 0 Å². The number of nitrogens with zero attached hydrogens (tertiary/aromatic N) is 1. The lowest BCUT2D eigenvalue weighted by atomic mass is 10.0. The standard InChI is InChI=1S/C12H23NO/c1-8(2)11(7)12(14)13(9(3)4)10(5)6/h8-10H,7H2,1-6H3. The molecular formula is C12H23NO. The quantitative estimate of drug-likeness (QED) is 0.635.